The van der Waals surface area contributed by atoms with Gasteiger partial charge in [-0.1, -0.05) is 18.5 Å². The summed E-state index contributed by atoms with van der Waals surface area (Å²) in [6.45, 7) is 7.24. The van der Waals surface area contributed by atoms with Gasteiger partial charge in [0.05, 0.1) is 5.02 Å². The Morgan fingerprint density at radius 3 is 2.80 bits per heavy atom. The lowest BCUT2D eigenvalue weighted by Gasteiger charge is -2.15. The van der Waals surface area contributed by atoms with E-state index in [9.17, 15) is 0 Å². The SMILES string of the molecule is CCCNC(C)c1cnc(-c2ncccc2Cl)nc1C. The van der Waals surface area contributed by atoms with Gasteiger partial charge in [0.2, 0.25) is 0 Å². The lowest BCUT2D eigenvalue weighted by atomic mass is 10.1. The molecular weight excluding hydrogens is 272 g/mol. The maximum absolute atomic E-state index is 6.13. The number of nitrogens with zero attached hydrogens (tertiary/aromatic N) is 3. The predicted octanol–water partition coefficient (Wildman–Crippen LogP) is 3.56. The zero-order chi connectivity index (χ0) is 14.5. The lowest BCUT2D eigenvalue weighted by Crippen LogP contribution is -2.20. The third-order valence-corrected chi connectivity index (χ3v) is 3.46. The van der Waals surface area contributed by atoms with Gasteiger partial charge in [0, 0.05) is 29.7 Å². The molecule has 0 aliphatic heterocycles. The number of pyridine rings is 1. The summed E-state index contributed by atoms with van der Waals surface area (Å²) in [5.74, 6) is 0.569. The van der Waals surface area contributed by atoms with Gasteiger partial charge < -0.3 is 5.32 Å². The Hall–Kier alpha value is -1.52. The van der Waals surface area contributed by atoms with E-state index in [0.29, 0.717) is 16.5 Å². The van der Waals surface area contributed by atoms with E-state index in [2.05, 4.69) is 34.1 Å². The largest absolute Gasteiger partial charge is 0.310 e. The van der Waals surface area contributed by atoms with Crippen LogP contribution >= 0.6 is 11.6 Å². The third kappa shape index (κ3) is 3.32. The molecule has 0 spiro atoms. The molecule has 0 aromatic carbocycles. The standard InChI is InChI=1S/C15H19ClN4/c1-4-7-17-10(2)12-9-19-15(20-11(12)3)14-13(16)6-5-8-18-14/h5-6,8-10,17H,4,7H2,1-3H3. The first kappa shape index (κ1) is 14.9. The summed E-state index contributed by atoms with van der Waals surface area (Å²) in [5, 5.41) is 4.00. The fraction of sp³-hybridized carbons (Fsp3) is 0.400. The molecule has 4 nitrogen and oxygen atoms in total. The number of aryl methyl sites for hydroxylation is 1. The number of nitrogens with one attached hydrogen (secondary N) is 1. The summed E-state index contributed by atoms with van der Waals surface area (Å²) >= 11 is 6.13. The number of hydrogen-bond donors (Lipinski definition) is 1. The van der Waals surface area contributed by atoms with Crippen molar-refractivity contribution in [1.82, 2.24) is 20.3 Å². The van der Waals surface area contributed by atoms with Crippen molar-refractivity contribution in [3.8, 4) is 11.5 Å². The molecule has 0 saturated heterocycles. The number of aromatic nitrogens is 3. The monoisotopic (exact) mass is 290 g/mol. The van der Waals surface area contributed by atoms with Crippen LogP contribution in [0.5, 0.6) is 0 Å². The number of halogens is 1. The van der Waals surface area contributed by atoms with E-state index in [1.807, 2.05) is 13.1 Å². The first-order valence-corrected chi connectivity index (χ1v) is 7.19. The van der Waals surface area contributed by atoms with Crippen LogP contribution in [0.4, 0.5) is 0 Å². The highest BCUT2D eigenvalue weighted by Crippen LogP contribution is 2.23. The van der Waals surface area contributed by atoms with Crippen molar-refractivity contribution in [2.45, 2.75) is 33.2 Å². The van der Waals surface area contributed by atoms with Crippen molar-refractivity contribution in [1.29, 1.82) is 0 Å². The van der Waals surface area contributed by atoms with Crippen LogP contribution in [0, 0.1) is 6.92 Å². The van der Waals surface area contributed by atoms with Crippen LogP contribution in [0.25, 0.3) is 11.5 Å². The van der Waals surface area contributed by atoms with Gasteiger partial charge in [-0.05, 0) is 38.9 Å². The summed E-state index contributed by atoms with van der Waals surface area (Å²) in [6, 6.07) is 3.83. The highest BCUT2D eigenvalue weighted by molar-refractivity contribution is 6.32. The predicted molar refractivity (Wildman–Crippen MR) is 81.7 cm³/mol. The Kier molecular flexibility index (Phi) is 5.04. The van der Waals surface area contributed by atoms with Crippen LogP contribution < -0.4 is 5.32 Å². The van der Waals surface area contributed by atoms with Crippen molar-refractivity contribution in [2.24, 2.45) is 0 Å². The topological polar surface area (TPSA) is 50.7 Å². The van der Waals surface area contributed by atoms with Crippen molar-refractivity contribution in [3.05, 3.63) is 40.8 Å². The van der Waals surface area contributed by atoms with E-state index in [1.54, 1.807) is 18.3 Å². The average Bonchev–Trinajstić information content (AvgIpc) is 2.45. The maximum atomic E-state index is 6.13. The zero-order valence-electron chi connectivity index (χ0n) is 12.0. The van der Waals surface area contributed by atoms with Crippen molar-refractivity contribution < 1.29 is 0 Å². The molecule has 2 aromatic heterocycles. The smallest absolute Gasteiger partial charge is 0.179 e. The van der Waals surface area contributed by atoms with Crippen LogP contribution in [0.3, 0.4) is 0 Å². The van der Waals surface area contributed by atoms with Crippen LogP contribution in [0.1, 0.15) is 37.6 Å². The van der Waals surface area contributed by atoms with Gasteiger partial charge in [-0.2, -0.15) is 0 Å². The molecular formula is C15H19ClN4. The number of rotatable bonds is 5. The van der Waals surface area contributed by atoms with Crippen LogP contribution in [0.2, 0.25) is 5.02 Å². The second kappa shape index (κ2) is 6.77. The summed E-state index contributed by atoms with van der Waals surface area (Å²) in [6.07, 6.45) is 4.65. The van der Waals surface area contributed by atoms with Gasteiger partial charge in [0.1, 0.15) is 5.69 Å². The normalized spacial score (nSPS) is 12.4. The minimum atomic E-state index is 0.239. The van der Waals surface area contributed by atoms with Crippen molar-refractivity contribution in [2.75, 3.05) is 6.54 Å². The third-order valence-electron chi connectivity index (χ3n) is 3.15. The fourth-order valence-corrected chi connectivity index (χ4v) is 2.24. The maximum Gasteiger partial charge on any atom is 0.179 e. The first-order valence-electron chi connectivity index (χ1n) is 6.81. The molecule has 1 N–H and O–H groups in total. The van der Waals surface area contributed by atoms with Gasteiger partial charge in [-0.15, -0.1) is 0 Å². The Morgan fingerprint density at radius 2 is 2.15 bits per heavy atom. The highest BCUT2D eigenvalue weighted by Gasteiger charge is 2.13. The van der Waals surface area contributed by atoms with Gasteiger partial charge in [0.25, 0.3) is 0 Å². The van der Waals surface area contributed by atoms with Gasteiger partial charge in [0.15, 0.2) is 5.82 Å². The molecule has 0 aliphatic rings. The Balaban J connectivity index is 2.28. The average molecular weight is 291 g/mol. The molecule has 20 heavy (non-hydrogen) atoms. The first-order chi connectivity index (χ1) is 9.63. The van der Waals surface area contributed by atoms with Gasteiger partial charge in [-0.3, -0.25) is 4.98 Å². The molecule has 2 heterocycles. The molecule has 2 aromatic rings. The molecule has 2 rings (SSSR count). The molecule has 0 amide bonds. The minimum Gasteiger partial charge on any atom is -0.310 e. The van der Waals surface area contributed by atoms with Crippen molar-refractivity contribution in [3.63, 3.8) is 0 Å². The van der Waals surface area contributed by atoms with E-state index in [0.717, 1.165) is 24.2 Å². The van der Waals surface area contributed by atoms with Crippen LogP contribution in [-0.4, -0.2) is 21.5 Å². The molecule has 0 saturated carbocycles. The summed E-state index contributed by atoms with van der Waals surface area (Å²) in [7, 11) is 0. The zero-order valence-corrected chi connectivity index (χ0v) is 12.8. The quantitative estimate of drug-likeness (QED) is 0.915. The van der Waals surface area contributed by atoms with Crippen LogP contribution in [-0.2, 0) is 0 Å². The van der Waals surface area contributed by atoms with E-state index >= 15 is 0 Å². The molecule has 0 radical (unpaired) electrons. The number of hydrogen-bond acceptors (Lipinski definition) is 4. The van der Waals surface area contributed by atoms with Crippen LogP contribution in [0.15, 0.2) is 24.5 Å². The summed E-state index contributed by atoms with van der Waals surface area (Å²) in [5.41, 5.74) is 2.68. The second-order valence-electron chi connectivity index (χ2n) is 4.74. The second-order valence-corrected chi connectivity index (χ2v) is 5.15. The Labute approximate surface area is 124 Å². The van der Waals surface area contributed by atoms with E-state index in [1.165, 1.54) is 0 Å². The Morgan fingerprint density at radius 1 is 1.35 bits per heavy atom. The minimum absolute atomic E-state index is 0.239. The van der Waals surface area contributed by atoms with Crippen molar-refractivity contribution >= 4 is 11.6 Å². The molecule has 0 aliphatic carbocycles. The molecule has 0 fully saturated rings. The molecule has 1 unspecified atom stereocenters. The van der Waals surface area contributed by atoms with E-state index in [-0.39, 0.29) is 6.04 Å². The molecule has 0 bridgehead atoms. The fourth-order valence-electron chi connectivity index (χ4n) is 2.04. The summed E-state index contributed by atoms with van der Waals surface area (Å²) < 4.78 is 0. The highest BCUT2D eigenvalue weighted by atomic mass is 35.5. The van der Waals surface area contributed by atoms with E-state index in [4.69, 9.17) is 11.6 Å². The molecule has 106 valence electrons. The molecule has 5 heteroatoms. The van der Waals surface area contributed by atoms with Gasteiger partial charge >= 0.3 is 0 Å². The Bertz CT molecular complexity index is 586. The molecule has 1 atom stereocenters. The summed E-state index contributed by atoms with van der Waals surface area (Å²) in [4.78, 5) is 13.2. The lowest BCUT2D eigenvalue weighted by molar-refractivity contribution is 0.564. The van der Waals surface area contributed by atoms with Gasteiger partial charge in [-0.25, -0.2) is 9.97 Å². The van der Waals surface area contributed by atoms with E-state index < -0.39 is 0 Å².